The van der Waals surface area contributed by atoms with Gasteiger partial charge in [0.1, 0.15) is 5.75 Å². The van der Waals surface area contributed by atoms with Gasteiger partial charge in [0.2, 0.25) is 0 Å². The van der Waals surface area contributed by atoms with E-state index < -0.39 is 5.60 Å². The van der Waals surface area contributed by atoms with Gasteiger partial charge in [-0.05, 0) is 63.6 Å². The Morgan fingerprint density at radius 3 is 1.28 bits per heavy atom. The molecule has 57 heavy (non-hydrogen) atoms. The maximum absolute atomic E-state index is 6.91. The lowest BCUT2D eigenvalue weighted by Crippen LogP contribution is -2.34. The number of nitrogens with zero attached hydrogens (tertiary/aromatic N) is 3. The van der Waals surface area contributed by atoms with Crippen LogP contribution in [0.3, 0.4) is 0 Å². The quantitative estimate of drug-likeness (QED) is 0.164. The smallest absolute Gasteiger partial charge is 0.164 e. The minimum Gasteiger partial charge on any atom is -0.477 e. The zero-order valence-electron chi connectivity index (χ0n) is 31.4. The first-order valence-electron chi connectivity index (χ1n) is 19.3. The molecule has 0 N–H and O–H groups in total. The summed E-state index contributed by atoms with van der Waals surface area (Å²) in [6.07, 6.45) is 0. The van der Waals surface area contributed by atoms with Crippen LogP contribution in [0.25, 0.3) is 78.7 Å². The van der Waals surface area contributed by atoms with Crippen molar-refractivity contribution in [3.05, 3.63) is 217 Å². The second-order valence-electron chi connectivity index (χ2n) is 14.5. The predicted octanol–water partition coefficient (Wildman–Crippen LogP) is 13.2. The minimum atomic E-state index is -0.594. The van der Waals surface area contributed by atoms with E-state index in [0.717, 1.165) is 66.9 Å². The highest BCUT2D eigenvalue weighted by Crippen LogP contribution is 2.49. The summed E-state index contributed by atoms with van der Waals surface area (Å²) < 4.78 is 6.91. The average molecular weight is 732 g/mol. The summed E-state index contributed by atoms with van der Waals surface area (Å²) in [5, 5.41) is 0. The van der Waals surface area contributed by atoms with Gasteiger partial charge < -0.3 is 4.74 Å². The van der Waals surface area contributed by atoms with Crippen LogP contribution in [0, 0.1) is 0 Å². The van der Waals surface area contributed by atoms with Gasteiger partial charge in [-0.25, -0.2) is 15.0 Å². The summed E-state index contributed by atoms with van der Waals surface area (Å²) >= 11 is 0. The van der Waals surface area contributed by atoms with Crippen LogP contribution in [0.5, 0.6) is 5.75 Å². The molecule has 4 heteroatoms. The van der Waals surface area contributed by atoms with Gasteiger partial charge in [0.15, 0.2) is 23.1 Å². The maximum atomic E-state index is 6.91. The first-order valence-corrected chi connectivity index (χ1v) is 19.3. The fourth-order valence-corrected chi connectivity index (χ4v) is 7.87. The zero-order chi connectivity index (χ0) is 38.2. The second kappa shape index (κ2) is 14.3. The summed E-state index contributed by atoms with van der Waals surface area (Å²) in [5.74, 6) is 2.84. The van der Waals surface area contributed by atoms with Crippen LogP contribution in [0.15, 0.2) is 206 Å². The molecular weight excluding hydrogens is 695 g/mol. The molecule has 1 atom stereocenters. The van der Waals surface area contributed by atoms with E-state index in [0.29, 0.717) is 17.5 Å². The Morgan fingerprint density at radius 2 is 0.737 bits per heavy atom. The van der Waals surface area contributed by atoms with Crippen molar-refractivity contribution in [1.29, 1.82) is 0 Å². The molecule has 10 rings (SSSR count). The van der Waals surface area contributed by atoms with Crippen molar-refractivity contribution in [3.8, 4) is 84.4 Å². The van der Waals surface area contributed by atoms with E-state index in [-0.39, 0.29) is 0 Å². The zero-order valence-corrected chi connectivity index (χ0v) is 31.4. The molecule has 270 valence electrons. The van der Waals surface area contributed by atoms with E-state index in [9.17, 15) is 0 Å². The first kappa shape index (κ1) is 34.1. The molecule has 0 saturated heterocycles. The lowest BCUT2D eigenvalue weighted by molar-refractivity contribution is 0.129. The number of fused-ring (bicyclic) bond motifs is 3. The van der Waals surface area contributed by atoms with E-state index >= 15 is 0 Å². The molecule has 8 aromatic carbocycles. The van der Waals surface area contributed by atoms with Crippen LogP contribution < -0.4 is 4.74 Å². The van der Waals surface area contributed by atoms with Crippen LogP contribution in [0.4, 0.5) is 0 Å². The minimum absolute atomic E-state index is 0.594. The lowest BCUT2D eigenvalue weighted by atomic mass is 9.80. The van der Waals surface area contributed by atoms with Gasteiger partial charge in [0.05, 0.1) is 0 Å². The Morgan fingerprint density at radius 1 is 0.333 bits per heavy atom. The second-order valence-corrected chi connectivity index (χ2v) is 14.5. The molecule has 0 saturated carbocycles. The molecule has 1 unspecified atom stereocenters. The van der Waals surface area contributed by atoms with Gasteiger partial charge in [-0.1, -0.05) is 194 Å². The normalized spacial score (nSPS) is 14.3. The fourth-order valence-electron chi connectivity index (χ4n) is 7.87. The molecule has 0 radical (unpaired) electrons. The van der Waals surface area contributed by atoms with Crippen molar-refractivity contribution < 1.29 is 4.74 Å². The van der Waals surface area contributed by atoms with Crippen molar-refractivity contribution >= 4 is 0 Å². The molecule has 0 amide bonds. The first-order chi connectivity index (χ1) is 28.1. The molecule has 0 spiro atoms. The molecule has 0 fully saturated rings. The molecule has 1 aliphatic rings. The lowest BCUT2D eigenvalue weighted by Gasteiger charge is -2.38. The highest BCUT2D eigenvalue weighted by atomic mass is 16.5. The summed E-state index contributed by atoms with van der Waals surface area (Å²) in [5.41, 5.74) is 13.7. The van der Waals surface area contributed by atoms with Crippen LogP contribution in [0.1, 0.15) is 18.1 Å². The number of hydrogen-bond donors (Lipinski definition) is 0. The van der Waals surface area contributed by atoms with Gasteiger partial charge in [-0.3, -0.25) is 0 Å². The van der Waals surface area contributed by atoms with Gasteiger partial charge in [0, 0.05) is 27.8 Å². The molecular formula is C53H37N3O. The monoisotopic (exact) mass is 731 g/mol. The molecule has 2 heterocycles. The van der Waals surface area contributed by atoms with Crippen LogP contribution in [0.2, 0.25) is 0 Å². The molecule has 0 bridgehead atoms. The van der Waals surface area contributed by atoms with E-state index in [1.165, 1.54) is 11.1 Å². The summed E-state index contributed by atoms with van der Waals surface area (Å²) in [6, 6.07) is 71.8. The summed E-state index contributed by atoms with van der Waals surface area (Å²) in [7, 11) is 0. The number of benzene rings is 8. The SMILES string of the molecule is CC1(c2ccccc2)Oc2cc(-c3ccc(-c4cccc(-c5ccc(-c6nc(-c7ccccc7)nc(-c7ccccc7)n6)cc5)c4)cc3)ccc2-c2ccccc21. The fraction of sp³-hybridized carbons (Fsp3) is 0.0377. The Balaban J connectivity index is 0.919. The highest BCUT2D eigenvalue weighted by Gasteiger charge is 2.38. The Bertz CT molecular complexity index is 2800. The third-order valence-electron chi connectivity index (χ3n) is 10.9. The standard InChI is InChI=1S/C53H37N3O/c1-53(45-20-9-4-10-21-45)48-23-12-11-22-46(48)47-33-32-44(35-49(47)57-53)38-26-24-36(25-27-38)42-18-13-19-43(34-42)37-28-30-41(31-29-37)52-55-50(39-14-5-2-6-15-39)54-51(56-52)40-16-7-3-8-17-40/h2-35H,1H3. The number of aromatic nitrogens is 3. The highest BCUT2D eigenvalue weighted by molar-refractivity contribution is 5.82. The van der Waals surface area contributed by atoms with Crippen molar-refractivity contribution in [3.63, 3.8) is 0 Å². The molecule has 9 aromatic rings. The Kier molecular flexibility index (Phi) is 8.57. The Hall–Kier alpha value is -7.43. The summed E-state index contributed by atoms with van der Waals surface area (Å²) in [6.45, 7) is 2.17. The van der Waals surface area contributed by atoms with E-state index in [2.05, 4.69) is 146 Å². The average Bonchev–Trinajstić information content (AvgIpc) is 3.30. The van der Waals surface area contributed by atoms with Gasteiger partial charge >= 0.3 is 0 Å². The predicted molar refractivity (Wildman–Crippen MR) is 231 cm³/mol. The maximum Gasteiger partial charge on any atom is 0.164 e. The van der Waals surface area contributed by atoms with Crippen molar-refractivity contribution in [2.75, 3.05) is 0 Å². The molecule has 4 nitrogen and oxygen atoms in total. The Labute approximate surface area is 332 Å². The third-order valence-corrected chi connectivity index (χ3v) is 10.9. The largest absolute Gasteiger partial charge is 0.477 e. The third kappa shape index (κ3) is 6.47. The number of ether oxygens (including phenoxy) is 1. The molecule has 1 aliphatic heterocycles. The van der Waals surface area contributed by atoms with E-state index in [4.69, 9.17) is 19.7 Å². The van der Waals surface area contributed by atoms with Crippen molar-refractivity contribution in [1.82, 2.24) is 15.0 Å². The summed E-state index contributed by atoms with van der Waals surface area (Å²) in [4.78, 5) is 14.6. The van der Waals surface area contributed by atoms with Crippen molar-refractivity contribution in [2.45, 2.75) is 12.5 Å². The van der Waals surface area contributed by atoms with E-state index in [1.807, 2.05) is 66.7 Å². The topological polar surface area (TPSA) is 47.9 Å². The van der Waals surface area contributed by atoms with Gasteiger partial charge in [-0.2, -0.15) is 0 Å². The van der Waals surface area contributed by atoms with Gasteiger partial charge in [-0.15, -0.1) is 0 Å². The molecule has 1 aromatic heterocycles. The van der Waals surface area contributed by atoms with Crippen LogP contribution >= 0.6 is 0 Å². The van der Waals surface area contributed by atoms with Crippen LogP contribution in [-0.4, -0.2) is 15.0 Å². The molecule has 0 aliphatic carbocycles. The van der Waals surface area contributed by atoms with Crippen LogP contribution in [-0.2, 0) is 5.60 Å². The van der Waals surface area contributed by atoms with Gasteiger partial charge in [0.25, 0.3) is 0 Å². The van der Waals surface area contributed by atoms with E-state index in [1.54, 1.807) is 0 Å². The number of rotatable bonds is 7. The number of hydrogen-bond acceptors (Lipinski definition) is 4. The van der Waals surface area contributed by atoms with Crippen molar-refractivity contribution in [2.24, 2.45) is 0 Å².